The van der Waals surface area contributed by atoms with Crippen molar-refractivity contribution >= 4 is 5.78 Å². The molecular formula is C16H23NO3. The van der Waals surface area contributed by atoms with E-state index in [2.05, 4.69) is 4.90 Å². The third-order valence-corrected chi connectivity index (χ3v) is 7.70. The SMILES string of the molecule is O=C1C[C@@H]2CC3C[C@]14[C@@H](O)CCN1CCCC24[C@]1(O)C3. The normalized spacial score (nSPS) is 63.4. The summed E-state index contributed by atoms with van der Waals surface area (Å²) in [5.41, 5.74) is -1.79. The van der Waals surface area contributed by atoms with Gasteiger partial charge >= 0.3 is 0 Å². The molecule has 6 bridgehead atoms. The zero-order valence-corrected chi connectivity index (χ0v) is 11.8. The number of Topliss-reactive ketones (excluding diaryl/α,β-unsaturated/α-hetero) is 1. The minimum atomic E-state index is -0.819. The average Bonchev–Trinajstić information content (AvgIpc) is 2.57. The molecule has 2 heterocycles. The van der Waals surface area contributed by atoms with Crippen LogP contribution < -0.4 is 0 Å². The lowest BCUT2D eigenvalue weighted by Gasteiger charge is -2.69. The van der Waals surface area contributed by atoms with Crippen LogP contribution in [0.1, 0.15) is 44.9 Å². The largest absolute Gasteiger partial charge is 0.392 e. The van der Waals surface area contributed by atoms with Crippen molar-refractivity contribution in [2.75, 3.05) is 13.1 Å². The number of hydrogen-bond donors (Lipinski definition) is 2. The number of carbonyl (C=O) groups excluding carboxylic acids is 1. The third-order valence-electron chi connectivity index (χ3n) is 7.70. The molecule has 6 fully saturated rings. The molecule has 7 atom stereocenters. The van der Waals surface area contributed by atoms with Gasteiger partial charge in [0.1, 0.15) is 11.5 Å². The molecule has 0 aromatic carbocycles. The average molecular weight is 277 g/mol. The molecule has 20 heavy (non-hydrogen) atoms. The van der Waals surface area contributed by atoms with Crippen LogP contribution in [0.25, 0.3) is 0 Å². The minimum absolute atomic E-state index is 0.263. The van der Waals surface area contributed by atoms with E-state index in [0.717, 1.165) is 45.2 Å². The molecule has 0 amide bonds. The van der Waals surface area contributed by atoms with Gasteiger partial charge in [-0.1, -0.05) is 0 Å². The lowest BCUT2D eigenvalue weighted by molar-refractivity contribution is -0.316. The van der Waals surface area contributed by atoms with Crippen LogP contribution in [0.2, 0.25) is 0 Å². The summed E-state index contributed by atoms with van der Waals surface area (Å²) >= 11 is 0. The third kappa shape index (κ3) is 0.939. The van der Waals surface area contributed by atoms with Crippen LogP contribution in [-0.4, -0.2) is 45.8 Å². The Hall–Kier alpha value is -0.450. The molecule has 4 aliphatic carbocycles. The number of carbonyl (C=O) groups is 1. The maximum absolute atomic E-state index is 12.9. The molecule has 6 rings (SSSR count). The first-order chi connectivity index (χ1) is 9.54. The van der Waals surface area contributed by atoms with Crippen molar-refractivity contribution in [1.82, 2.24) is 4.90 Å². The van der Waals surface area contributed by atoms with Gasteiger partial charge in [0.15, 0.2) is 0 Å². The van der Waals surface area contributed by atoms with Crippen molar-refractivity contribution in [3.63, 3.8) is 0 Å². The van der Waals surface area contributed by atoms with Gasteiger partial charge in [-0.05, 0) is 50.4 Å². The first-order valence-electron chi connectivity index (χ1n) is 8.23. The Bertz CT molecular complexity index is 508. The molecule has 4 saturated carbocycles. The predicted molar refractivity (Wildman–Crippen MR) is 71.7 cm³/mol. The number of aliphatic hydroxyl groups excluding tert-OH is 1. The smallest absolute Gasteiger partial charge is 0.142 e. The number of ketones is 1. The highest BCUT2D eigenvalue weighted by Gasteiger charge is 2.81. The van der Waals surface area contributed by atoms with Gasteiger partial charge in [0.2, 0.25) is 0 Å². The summed E-state index contributed by atoms with van der Waals surface area (Å²) in [7, 11) is 0. The minimum Gasteiger partial charge on any atom is -0.392 e. The van der Waals surface area contributed by atoms with Gasteiger partial charge in [-0.25, -0.2) is 0 Å². The highest BCUT2D eigenvalue weighted by atomic mass is 16.3. The van der Waals surface area contributed by atoms with Crippen molar-refractivity contribution < 1.29 is 15.0 Å². The van der Waals surface area contributed by atoms with Crippen molar-refractivity contribution in [3.05, 3.63) is 0 Å². The monoisotopic (exact) mass is 277 g/mol. The van der Waals surface area contributed by atoms with Crippen LogP contribution in [0.5, 0.6) is 0 Å². The summed E-state index contributed by atoms with van der Waals surface area (Å²) in [6.45, 7) is 1.67. The van der Waals surface area contributed by atoms with Crippen LogP contribution >= 0.6 is 0 Å². The molecule has 110 valence electrons. The summed E-state index contributed by atoms with van der Waals surface area (Å²) in [5.74, 6) is 0.995. The van der Waals surface area contributed by atoms with Gasteiger partial charge in [0, 0.05) is 24.9 Å². The van der Waals surface area contributed by atoms with Gasteiger partial charge < -0.3 is 10.2 Å². The zero-order chi connectivity index (χ0) is 13.8. The van der Waals surface area contributed by atoms with E-state index in [1.165, 1.54) is 0 Å². The molecule has 0 radical (unpaired) electrons. The molecule has 2 N–H and O–H groups in total. The Morgan fingerprint density at radius 3 is 2.95 bits per heavy atom. The van der Waals surface area contributed by atoms with E-state index in [1.54, 1.807) is 0 Å². The van der Waals surface area contributed by atoms with E-state index in [4.69, 9.17) is 0 Å². The fourth-order valence-electron chi connectivity index (χ4n) is 7.35. The first-order valence-corrected chi connectivity index (χ1v) is 8.23. The fourth-order valence-corrected chi connectivity index (χ4v) is 7.35. The summed E-state index contributed by atoms with van der Waals surface area (Å²) in [5, 5.41) is 22.5. The van der Waals surface area contributed by atoms with Crippen LogP contribution in [0.4, 0.5) is 0 Å². The highest BCUT2D eigenvalue weighted by molar-refractivity contribution is 5.90. The van der Waals surface area contributed by atoms with Gasteiger partial charge in [-0.15, -0.1) is 0 Å². The molecule has 2 aliphatic heterocycles. The second kappa shape index (κ2) is 3.31. The number of aliphatic hydroxyl groups is 2. The second-order valence-electron chi connectivity index (χ2n) is 7.99. The molecule has 0 aromatic heterocycles. The maximum atomic E-state index is 12.9. The number of hydrogen-bond acceptors (Lipinski definition) is 4. The molecule has 3 unspecified atom stereocenters. The molecule has 4 nitrogen and oxygen atoms in total. The summed E-state index contributed by atoms with van der Waals surface area (Å²) in [6, 6.07) is 0. The number of rotatable bonds is 0. The van der Waals surface area contributed by atoms with Crippen LogP contribution in [0, 0.1) is 22.7 Å². The van der Waals surface area contributed by atoms with Crippen molar-refractivity contribution in [1.29, 1.82) is 0 Å². The summed E-state index contributed by atoms with van der Waals surface area (Å²) in [4.78, 5) is 15.1. The summed E-state index contributed by atoms with van der Waals surface area (Å²) in [6.07, 6.45) is 5.45. The quantitative estimate of drug-likeness (QED) is 0.691. The van der Waals surface area contributed by atoms with Crippen molar-refractivity contribution in [2.45, 2.75) is 56.8 Å². The zero-order valence-electron chi connectivity index (χ0n) is 11.8. The van der Waals surface area contributed by atoms with Crippen molar-refractivity contribution in [3.8, 4) is 0 Å². The molecule has 0 aromatic rings. The standard InChI is InChI=1S/C16H23NO3/c18-12-2-5-17-4-1-3-15-11-6-10(9-16(15,17)20)8-14(12,15)13(19)7-11/h10-12,18,20H,1-9H2/t10?,11-,12-,14-,15?,16+/m0/s1. The van der Waals surface area contributed by atoms with E-state index in [9.17, 15) is 15.0 Å². The molecular weight excluding hydrogens is 254 g/mol. The number of piperidine rings is 1. The van der Waals surface area contributed by atoms with E-state index >= 15 is 0 Å². The Balaban J connectivity index is 1.84. The molecule has 6 aliphatic rings. The molecule has 1 spiro atoms. The Kier molecular flexibility index (Phi) is 2.01. The van der Waals surface area contributed by atoms with E-state index < -0.39 is 17.2 Å². The Labute approximate surface area is 119 Å². The van der Waals surface area contributed by atoms with Crippen molar-refractivity contribution in [2.24, 2.45) is 22.7 Å². The predicted octanol–water partition coefficient (Wildman–Crippen LogP) is 0.911. The first kappa shape index (κ1) is 12.1. The lowest BCUT2D eigenvalue weighted by Crippen LogP contribution is -2.75. The van der Waals surface area contributed by atoms with E-state index in [-0.39, 0.29) is 11.2 Å². The van der Waals surface area contributed by atoms with Gasteiger partial charge in [-0.2, -0.15) is 0 Å². The fraction of sp³-hybridized carbons (Fsp3) is 0.938. The van der Waals surface area contributed by atoms with Gasteiger partial charge in [0.05, 0.1) is 11.5 Å². The second-order valence-corrected chi connectivity index (χ2v) is 7.99. The molecule has 4 heteroatoms. The van der Waals surface area contributed by atoms with Gasteiger partial charge in [-0.3, -0.25) is 9.69 Å². The van der Waals surface area contributed by atoms with Crippen LogP contribution in [0.15, 0.2) is 0 Å². The maximum Gasteiger partial charge on any atom is 0.142 e. The van der Waals surface area contributed by atoms with E-state index in [0.29, 0.717) is 24.7 Å². The Morgan fingerprint density at radius 1 is 1.25 bits per heavy atom. The van der Waals surface area contributed by atoms with Gasteiger partial charge in [0.25, 0.3) is 0 Å². The Morgan fingerprint density at radius 2 is 2.10 bits per heavy atom. The topological polar surface area (TPSA) is 60.8 Å². The lowest BCUT2D eigenvalue weighted by atomic mass is 9.40. The van der Waals surface area contributed by atoms with Crippen LogP contribution in [-0.2, 0) is 4.79 Å². The number of nitrogens with zero attached hydrogens (tertiary/aromatic N) is 1. The molecule has 2 saturated heterocycles. The van der Waals surface area contributed by atoms with E-state index in [1.807, 2.05) is 0 Å². The highest BCUT2D eigenvalue weighted by Crippen LogP contribution is 2.77. The summed E-state index contributed by atoms with van der Waals surface area (Å²) < 4.78 is 0. The van der Waals surface area contributed by atoms with Crippen LogP contribution in [0.3, 0.4) is 0 Å².